The number of hydrogen-bond acceptors (Lipinski definition) is 6. The number of fused-ring (bicyclic) bond motifs is 2. The van der Waals surface area contributed by atoms with Gasteiger partial charge in [-0.15, -0.1) is 0 Å². The standard InChI is InChI=1S/C28H26Cl2FN3O5.CH4/c1-2-39-18-6-3-5-16(13-18)15-33-23(11-12-35)26(34(37)38)24(19-7-4-8-21(30)25(19)31)28(33)20-10-9-17(29)14-22(20)32-27(28)36;/h3-10,13-14,23-24,26,35H,2,11-12,15H2,1H3,(H,32,36);1H4/t23-,24-,26+,28+;/m0./s1. The van der Waals surface area contributed by atoms with Crippen LogP contribution in [0.25, 0.3) is 0 Å². The summed E-state index contributed by atoms with van der Waals surface area (Å²) in [4.78, 5) is 28.2. The van der Waals surface area contributed by atoms with E-state index in [9.17, 15) is 20.0 Å². The normalized spacial score (nSPS) is 23.5. The van der Waals surface area contributed by atoms with Gasteiger partial charge in [-0.05, 0) is 49.2 Å². The van der Waals surface area contributed by atoms with Crippen LogP contribution < -0.4 is 10.1 Å². The number of nitro groups is 1. The molecule has 8 nitrogen and oxygen atoms in total. The molecule has 40 heavy (non-hydrogen) atoms. The molecule has 2 aliphatic rings. The van der Waals surface area contributed by atoms with Gasteiger partial charge in [-0.3, -0.25) is 19.8 Å². The predicted octanol–water partition coefficient (Wildman–Crippen LogP) is 6.01. The Labute approximate surface area is 241 Å². The van der Waals surface area contributed by atoms with Crippen LogP contribution in [0.3, 0.4) is 0 Å². The van der Waals surface area contributed by atoms with E-state index < -0.39 is 40.2 Å². The first-order valence-corrected chi connectivity index (χ1v) is 13.3. The van der Waals surface area contributed by atoms with Crippen molar-refractivity contribution >= 4 is 34.8 Å². The van der Waals surface area contributed by atoms with Gasteiger partial charge in [-0.1, -0.05) is 61.0 Å². The fourth-order valence-electron chi connectivity index (χ4n) is 6.21. The second-order valence-corrected chi connectivity index (χ2v) is 10.4. The van der Waals surface area contributed by atoms with Gasteiger partial charge in [0.2, 0.25) is 6.04 Å². The first-order chi connectivity index (χ1) is 18.7. The van der Waals surface area contributed by atoms with E-state index >= 15 is 4.39 Å². The largest absolute Gasteiger partial charge is 0.494 e. The second kappa shape index (κ2) is 11.7. The van der Waals surface area contributed by atoms with Crippen molar-refractivity contribution in [2.75, 3.05) is 18.5 Å². The maximum atomic E-state index is 15.7. The van der Waals surface area contributed by atoms with Gasteiger partial charge >= 0.3 is 0 Å². The van der Waals surface area contributed by atoms with Crippen molar-refractivity contribution in [3.8, 4) is 5.75 Å². The molecule has 2 aliphatic heterocycles. The van der Waals surface area contributed by atoms with Gasteiger partial charge in [0, 0.05) is 39.9 Å². The first kappa shape index (κ1) is 29.7. The second-order valence-electron chi connectivity index (χ2n) is 9.60. The number of ether oxygens (including phenoxy) is 1. The van der Waals surface area contributed by atoms with E-state index in [1.54, 1.807) is 41.3 Å². The number of likely N-dealkylation sites (tertiary alicyclic amines) is 1. The molecule has 3 aromatic carbocycles. The van der Waals surface area contributed by atoms with Crippen LogP contribution in [0.2, 0.25) is 10.0 Å². The lowest BCUT2D eigenvalue weighted by molar-refractivity contribution is -0.528. The van der Waals surface area contributed by atoms with E-state index in [0.717, 1.165) is 5.56 Å². The highest BCUT2D eigenvalue weighted by atomic mass is 35.5. The highest BCUT2D eigenvalue weighted by Gasteiger charge is 2.71. The third kappa shape index (κ3) is 4.71. The van der Waals surface area contributed by atoms with E-state index in [4.69, 9.17) is 27.9 Å². The van der Waals surface area contributed by atoms with Gasteiger partial charge in [0.15, 0.2) is 0 Å². The molecule has 0 radical (unpaired) electrons. The van der Waals surface area contributed by atoms with Crippen LogP contribution in [-0.4, -0.2) is 46.1 Å². The zero-order valence-corrected chi connectivity index (χ0v) is 22.5. The summed E-state index contributed by atoms with van der Waals surface area (Å²) in [6.45, 7) is 2.01. The number of hydrogen-bond donors (Lipinski definition) is 2. The summed E-state index contributed by atoms with van der Waals surface area (Å²) in [5.41, 5.74) is -0.192. The highest BCUT2D eigenvalue weighted by molar-refractivity contribution is 6.31. The monoisotopic (exact) mass is 589 g/mol. The molecule has 0 unspecified atom stereocenters. The maximum Gasteiger partial charge on any atom is 0.250 e. The number of amides is 1. The summed E-state index contributed by atoms with van der Waals surface area (Å²) in [6.07, 6.45) is -0.0204. The molecule has 2 heterocycles. The molecule has 5 rings (SSSR count). The Hall–Kier alpha value is -3.24. The third-order valence-electron chi connectivity index (χ3n) is 7.57. The average Bonchev–Trinajstić information content (AvgIpc) is 3.33. The van der Waals surface area contributed by atoms with Crippen LogP contribution >= 0.6 is 23.2 Å². The summed E-state index contributed by atoms with van der Waals surface area (Å²) < 4.78 is 21.4. The molecule has 2 N–H and O–H groups in total. The lowest BCUT2D eigenvalue weighted by Crippen LogP contribution is -2.51. The van der Waals surface area contributed by atoms with Crippen molar-refractivity contribution in [1.82, 2.24) is 4.90 Å². The van der Waals surface area contributed by atoms with Crippen molar-refractivity contribution in [1.29, 1.82) is 0 Å². The van der Waals surface area contributed by atoms with E-state index in [2.05, 4.69) is 5.32 Å². The smallest absolute Gasteiger partial charge is 0.250 e. The third-order valence-corrected chi connectivity index (χ3v) is 8.10. The Morgan fingerprint density at radius 3 is 2.62 bits per heavy atom. The van der Waals surface area contributed by atoms with Gasteiger partial charge in [-0.25, -0.2) is 4.39 Å². The lowest BCUT2D eigenvalue weighted by atomic mass is 9.73. The van der Waals surface area contributed by atoms with Crippen molar-refractivity contribution in [2.45, 2.75) is 50.9 Å². The van der Waals surface area contributed by atoms with Crippen LogP contribution in [0.1, 0.15) is 43.4 Å². The summed E-state index contributed by atoms with van der Waals surface area (Å²) in [5.74, 6) is -2.04. The molecule has 1 amide bonds. The summed E-state index contributed by atoms with van der Waals surface area (Å²) in [5, 5.41) is 25.8. The van der Waals surface area contributed by atoms with Crippen LogP contribution in [0, 0.1) is 15.9 Å². The molecule has 11 heteroatoms. The Kier molecular flexibility index (Phi) is 8.70. The lowest BCUT2D eigenvalue weighted by Gasteiger charge is -2.38. The Morgan fingerprint density at radius 1 is 1.18 bits per heavy atom. The van der Waals surface area contributed by atoms with Gasteiger partial charge < -0.3 is 15.2 Å². The number of anilines is 1. The number of aliphatic hydroxyl groups is 1. The Balaban J connectivity index is 0.00000370. The minimum absolute atomic E-state index is 0. The molecule has 1 saturated heterocycles. The summed E-state index contributed by atoms with van der Waals surface area (Å²) in [7, 11) is 0. The van der Waals surface area contributed by atoms with Crippen LogP contribution in [-0.2, 0) is 16.9 Å². The molecule has 212 valence electrons. The summed E-state index contributed by atoms with van der Waals surface area (Å²) >= 11 is 12.4. The number of halogens is 3. The van der Waals surface area contributed by atoms with E-state index in [1.165, 1.54) is 18.2 Å². The predicted molar refractivity (Wildman–Crippen MR) is 152 cm³/mol. The zero-order chi connectivity index (χ0) is 27.9. The SMILES string of the molecule is C.CCOc1cccc(CN2[C@@H](CCO)[C@@H]([N+](=O)[O-])[C@H](c3cccc(Cl)c3F)[C@]23C(=O)Nc2cc(Cl)ccc23)c1. The fraction of sp³-hybridized carbons (Fsp3) is 0.345. The molecular formula is C29H30Cl2FN3O5. The van der Waals surface area contributed by atoms with E-state index in [0.29, 0.717) is 28.6 Å². The van der Waals surface area contributed by atoms with E-state index in [1.807, 2.05) is 13.0 Å². The maximum absolute atomic E-state index is 15.7. The van der Waals surface area contributed by atoms with E-state index in [-0.39, 0.29) is 37.6 Å². The summed E-state index contributed by atoms with van der Waals surface area (Å²) in [6, 6.07) is 14.0. The van der Waals surface area contributed by atoms with Gasteiger partial charge in [-0.2, -0.15) is 0 Å². The first-order valence-electron chi connectivity index (χ1n) is 12.5. The topological polar surface area (TPSA) is 105 Å². The Morgan fingerprint density at radius 2 is 1.93 bits per heavy atom. The minimum Gasteiger partial charge on any atom is -0.494 e. The quantitative estimate of drug-likeness (QED) is 0.246. The number of nitrogens with zero attached hydrogens (tertiary/aromatic N) is 2. The van der Waals surface area contributed by atoms with Gasteiger partial charge in [0.25, 0.3) is 5.91 Å². The number of carbonyl (C=O) groups is 1. The number of rotatable bonds is 8. The molecule has 1 spiro atoms. The number of nitrogens with one attached hydrogen (secondary N) is 1. The van der Waals surface area contributed by atoms with Crippen LogP contribution in [0.15, 0.2) is 60.7 Å². The minimum atomic E-state index is -1.70. The molecule has 0 bridgehead atoms. The molecule has 1 fully saturated rings. The zero-order valence-electron chi connectivity index (χ0n) is 20.9. The highest BCUT2D eigenvalue weighted by Crippen LogP contribution is 2.59. The fourth-order valence-corrected chi connectivity index (χ4v) is 6.56. The molecular weight excluding hydrogens is 560 g/mol. The van der Waals surface area contributed by atoms with Crippen molar-refractivity contribution in [2.24, 2.45) is 0 Å². The average molecular weight is 590 g/mol. The van der Waals surface area contributed by atoms with Gasteiger partial charge in [0.1, 0.15) is 17.1 Å². The van der Waals surface area contributed by atoms with Crippen molar-refractivity contribution < 1.29 is 24.0 Å². The number of carbonyl (C=O) groups excluding carboxylic acids is 1. The number of aliphatic hydroxyl groups excluding tert-OH is 1. The Bertz CT molecular complexity index is 1440. The molecule has 0 saturated carbocycles. The number of benzene rings is 3. The molecule has 0 aliphatic carbocycles. The molecule has 0 aromatic heterocycles. The molecule has 3 aromatic rings. The molecule has 4 atom stereocenters. The van der Waals surface area contributed by atoms with Crippen molar-refractivity contribution in [3.63, 3.8) is 0 Å². The van der Waals surface area contributed by atoms with Crippen molar-refractivity contribution in [3.05, 3.63) is 103 Å². The van der Waals surface area contributed by atoms with Gasteiger partial charge in [0.05, 0.1) is 23.6 Å². The van der Waals surface area contributed by atoms with Crippen LogP contribution in [0.5, 0.6) is 5.75 Å². The van der Waals surface area contributed by atoms with Crippen LogP contribution in [0.4, 0.5) is 10.1 Å².